The van der Waals surface area contributed by atoms with Gasteiger partial charge in [-0.2, -0.15) is 11.8 Å². The van der Waals surface area contributed by atoms with Crippen LogP contribution < -0.4 is 11.1 Å². The van der Waals surface area contributed by atoms with E-state index >= 15 is 0 Å². The van der Waals surface area contributed by atoms with Crippen LogP contribution in [0.3, 0.4) is 0 Å². The molecule has 3 N–H and O–H groups in total. The fraction of sp³-hybridized carbons (Fsp3) is 0.533. The van der Waals surface area contributed by atoms with Crippen LogP contribution in [0.2, 0.25) is 0 Å². The first kappa shape index (κ1) is 15.4. The molecule has 0 spiro atoms. The van der Waals surface area contributed by atoms with Gasteiger partial charge in [0, 0.05) is 0 Å². The Bertz CT molecular complexity index is 437. The second-order valence-corrected chi connectivity index (χ2v) is 6.35. The zero-order chi connectivity index (χ0) is 14.4. The molecule has 1 amide bonds. The number of nitrogens with two attached hydrogens (primary N) is 1. The van der Waals surface area contributed by atoms with Gasteiger partial charge in [0.05, 0.1) is 18.5 Å². The van der Waals surface area contributed by atoms with Crippen molar-refractivity contribution in [3.05, 3.63) is 35.9 Å². The van der Waals surface area contributed by atoms with Crippen molar-refractivity contribution < 1.29 is 9.53 Å². The van der Waals surface area contributed by atoms with E-state index < -0.39 is 5.54 Å². The Balaban J connectivity index is 2.11. The second-order valence-electron chi connectivity index (χ2n) is 4.95. The fourth-order valence-corrected chi connectivity index (χ4v) is 3.54. The van der Waals surface area contributed by atoms with Gasteiger partial charge in [-0.3, -0.25) is 10.1 Å². The molecule has 0 radical (unpaired) electrons. The van der Waals surface area contributed by atoms with Crippen LogP contribution in [0.15, 0.2) is 30.3 Å². The summed E-state index contributed by atoms with van der Waals surface area (Å²) < 4.78 is 5.17. The molecule has 1 heterocycles. The molecule has 1 aliphatic rings. The number of nitrogens with one attached hydrogen (secondary N) is 1. The summed E-state index contributed by atoms with van der Waals surface area (Å²) >= 11 is 1.86. The molecule has 1 saturated heterocycles. The summed E-state index contributed by atoms with van der Waals surface area (Å²) in [7, 11) is 0. The molecule has 1 atom stereocenters. The quantitative estimate of drug-likeness (QED) is 0.762. The molecule has 1 unspecified atom stereocenters. The van der Waals surface area contributed by atoms with Crippen molar-refractivity contribution in [2.75, 3.05) is 25.5 Å². The maximum Gasteiger partial charge on any atom is 0.242 e. The van der Waals surface area contributed by atoms with Crippen molar-refractivity contribution in [2.45, 2.75) is 24.1 Å². The Morgan fingerprint density at radius 3 is 2.65 bits per heavy atom. The van der Waals surface area contributed by atoms with Crippen molar-refractivity contribution in [1.29, 1.82) is 0 Å². The first-order valence-electron chi connectivity index (χ1n) is 6.99. The van der Waals surface area contributed by atoms with Crippen molar-refractivity contribution in [2.24, 2.45) is 5.73 Å². The molecular formula is C15H22N2O2S. The second kappa shape index (κ2) is 7.11. The molecule has 4 nitrogen and oxygen atoms in total. The normalized spacial score (nSPS) is 18.2. The van der Waals surface area contributed by atoms with Gasteiger partial charge < -0.3 is 10.5 Å². The maximum absolute atomic E-state index is 12.1. The maximum atomic E-state index is 12.1. The van der Waals surface area contributed by atoms with Crippen molar-refractivity contribution in [3.8, 4) is 0 Å². The van der Waals surface area contributed by atoms with Gasteiger partial charge in [-0.15, -0.1) is 0 Å². The van der Waals surface area contributed by atoms with Gasteiger partial charge in [-0.1, -0.05) is 37.3 Å². The fourth-order valence-electron chi connectivity index (χ4n) is 2.40. The number of ether oxygens (including phenoxy) is 1. The standard InChI is InChI=1S/C15H22N2O2S/c1-2-17-15(14(16)18,12-6-4-3-5-7-12)8-9-20-13-10-19-11-13/h3-7,13,17H,2,8-11H2,1H3,(H2,16,18). The van der Waals surface area contributed by atoms with Crippen molar-refractivity contribution in [3.63, 3.8) is 0 Å². The van der Waals surface area contributed by atoms with E-state index in [0.717, 1.165) is 24.5 Å². The Morgan fingerprint density at radius 2 is 2.15 bits per heavy atom. The molecule has 0 aromatic heterocycles. The van der Waals surface area contributed by atoms with E-state index in [9.17, 15) is 4.79 Å². The highest BCUT2D eigenvalue weighted by Crippen LogP contribution is 2.29. The Kier molecular flexibility index (Phi) is 5.46. The number of rotatable bonds is 8. The number of likely N-dealkylation sites (N-methyl/N-ethyl adjacent to an activating group) is 1. The Hall–Kier alpha value is -1.04. The Morgan fingerprint density at radius 1 is 1.45 bits per heavy atom. The van der Waals surface area contributed by atoms with E-state index in [1.54, 1.807) is 0 Å². The number of carbonyl (C=O) groups is 1. The first-order chi connectivity index (χ1) is 9.69. The van der Waals surface area contributed by atoms with Gasteiger partial charge in [-0.05, 0) is 24.3 Å². The van der Waals surface area contributed by atoms with Crippen LogP contribution in [0.4, 0.5) is 0 Å². The van der Waals surface area contributed by atoms with E-state index in [2.05, 4.69) is 5.32 Å². The van der Waals surface area contributed by atoms with Crippen LogP contribution in [-0.4, -0.2) is 36.7 Å². The lowest BCUT2D eigenvalue weighted by molar-refractivity contribution is -0.124. The Labute approximate surface area is 124 Å². The van der Waals surface area contributed by atoms with Crippen molar-refractivity contribution >= 4 is 17.7 Å². The molecule has 0 aliphatic carbocycles. The molecule has 2 rings (SSSR count). The predicted molar refractivity (Wildman–Crippen MR) is 82.7 cm³/mol. The first-order valence-corrected chi connectivity index (χ1v) is 8.03. The van der Waals surface area contributed by atoms with Gasteiger partial charge in [-0.25, -0.2) is 0 Å². The summed E-state index contributed by atoms with van der Waals surface area (Å²) in [5, 5.41) is 3.87. The van der Waals surface area contributed by atoms with E-state index in [1.165, 1.54) is 0 Å². The summed E-state index contributed by atoms with van der Waals surface area (Å²) in [6.45, 7) is 4.34. The summed E-state index contributed by atoms with van der Waals surface area (Å²) in [6.07, 6.45) is 0.696. The number of primary amides is 1. The largest absolute Gasteiger partial charge is 0.379 e. The van der Waals surface area contributed by atoms with Crippen LogP contribution in [0.25, 0.3) is 0 Å². The smallest absolute Gasteiger partial charge is 0.242 e. The molecule has 110 valence electrons. The van der Waals surface area contributed by atoms with Crippen LogP contribution in [0.1, 0.15) is 18.9 Å². The van der Waals surface area contributed by atoms with Gasteiger partial charge in [0.25, 0.3) is 0 Å². The highest BCUT2D eigenvalue weighted by Gasteiger charge is 2.37. The van der Waals surface area contributed by atoms with Gasteiger partial charge >= 0.3 is 0 Å². The highest BCUT2D eigenvalue weighted by atomic mass is 32.2. The third kappa shape index (κ3) is 3.34. The lowest BCUT2D eigenvalue weighted by Gasteiger charge is -2.33. The average Bonchev–Trinajstić information content (AvgIpc) is 2.41. The molecular weight excluding hydrogens is 272 g/mol. The van der Waals surface area contributed by atoms with E-state index in [0.29, 0.717) is 18.2 Å². The summed E-state index contributed by atoms with van der Waals surface area (Å²) in [5.74, 6) is 0.579. The number of hydrogen-bond donors (Lipinski definition) is 2. The summed E-state index contributed by atoms with van der Waals surface area (Å²) in [4.78, 5) is 12.1. The number of amides is 1. The van der Waals surface area contributed by atoms with Crippen LogP contribution in [-0.2, 0) is 15.1 Å². The minimum absolute atomic E-state index is 0.309. The van der Waals surface area contributed by atoms with Gasteiger partial charge in [0.15, 0.2) is 0 Å². The van der Waals surface area contributed by atoms with E-state index in [-0.39, 0.29) is 5.91 Å². The highest BCUT2D eigenvalue weighted by molar-refractivity contribution is 8.00. The molecule has 0 saturated carbocycles. The zero-order valence-electron chi connectivity index (χ0n) is 11.8. The number of hydrogen-bond acceptors (Lipinski definition) is 4. The minimum atomic E-state index is -0.770. The predicted octanol–water partition coefficient (Wildman–Crippen LogP) is 1.50. The molecule has 5 heteroatoms. The van der Waals surface area contributed by atoms with Gasteiger partial charge in [0.2, 0.25) is 5.91 Å². The number of thioether (sulfide) groups is 1. The summed E-state index contributed by atoms with van der Waals surface area (Å²) in [5.41, 5.74) is 5.89. The molecule has 1 aliphatic heterocycles. The molecule has 1 aromatic carbocycles. The average molecular weight is 294 g/mol. The lowest BCUT2D eigenvalue weighted by Crippen LogP contribution is -2.53. The van der Waals surface area contributed by atoms with Crippen LogP contribution >= 0.6 is 11.8 Å². The van der Waals surface area contributed by atoms with E-state index in [4.69, 9.17) is 10.5 Å². The summed E-state index contributed by atoms with van der Waals surface area (Å²) in [6, 6.07) is 9.76. The zero-order valence-corrected chi connectivity index (χ0v) is 12.6. The number of benzene rings is 1. The lowest BCUT2D eigenvalue weighted by atomic mass is 9.86. The van der Waals surface area contributed by atoms with Crippen LogP contribution in [0, 0.1) is 0 Å². The van der Waals surface area contributed by atoms with Crippen molar-refractivity contribution in [1.82, 2.24) is 5.32 Å². The minimum Gasteiger partial charge on any atom is -0.379 e. The topological polar surface area (TPSA) is 64.3 Å². The number of carbonyl (C=O) groups excluding carboxylic acids is 1. The third-order valence-corrected chi connectivity index (χ3v) is 4.79. The van der Waals surface area contributed by atoms with E-state index in [1.807, 2.05) is 49.0 Å². The molecule has 1 fully saturated rings. The molecule has 1 aromatic rings. The molecule has 20 heavy (non-hydrogen) atoms. The third-order valence-electron chi connectivity index (χ3n) is 3.60. The SMILES string of the molecule is CCNC(CCSC1COC1)(C(N)=O)c1ccccc1. The monoisotopic (exact) mass is 294 g/mol. The van der Waals surface area contributed by atoms with Crippen LogP contribution in [0.5, 0.6) is 0 Å². The molecule has 0 bridgehead atoms. The van der Waals surface area contributed by atoms with Gasteiger partial charge in [0.1, 0.15) is 5.54 Å².